The summed E-state index contributed by atoms with van der Waals surface area (Å²) in [6.07, 6.45) is 11.8. The molecule has 1 aliphatic carbocycles. The van der Waals surface area contributed by atoms with Gasteiger partial charge in [-0.15, -0.1) is 0 Å². The fourth-order valence-corrected chi connectivity index (χ4v) is 4.11. The molecular weight excluding hydrogens is 340 g/mol. The van der Waals surface area contributed by atoms with Gasteiger partial charge in [0, 0.05) is 31.4 Å². The average molecular weight is 366 g/mol. The van der Waals surface area contributed by atoms with E-state index in [9.17, 15) is 9.59 Å². The second-order valence-corrected chi connectivity index (χ2v) is 7.43. The Labute approximate surface area is 158 Å². The summed E-state index contributed by atoms with van der Waals surface area (Å²) in [7, 11) is 0. The summed E-state index contributed by atoms with van der Waals surface area (Å²) in [5, 5.41) is 3.18. The number of aromatic nitrogens is 3. The minimum atomic E-state index is -0.0598. The summed E-state index contributed by atoms with van der Waals surface area (Å²) in [5.74, 6) is 0.0935. The lowest BCUT2D eigenvalue weighted by Gasteiger charge is -2.16. The zero-order chi connectivity index (χ0) is 18.6. The number of aryl methyl sites for hydroxylation is 1. The van der Waals surface area contributed by atoms with Gasteiger partial charge in [-0.3, -0.25) is 14.2 Å². The lowest BCUT2D eigenvalue weighted by Crippen LogP contribution is -2.34. The van der Waals surface area contributed by atoms with Crippen molar-refractivity contribution in [1.82, 2.24) is 19.3 Å². The molecule has 0 atom stereocenters. The molecule has 4 rings (SSSR count). The van der Waals surface area contributed by atoms with Gasteiger partial charge in [-0.2, -0.15) is 0 Å². The number of nitrogens with zero attached hydrogens (tertiary/aromatic N) is 3. The molecule has 1 amide bonds. The van der Waals surface area contributed by atoms with Crippen LogP contribution >= 0.6 is 0 Å². The zero-order valence-corrected chi connectivity index (χ0v) is 15.6. The van der Waals surface area contributed by atoms with E-state index in [1.807, 2.05) is 34.9 Å². The molecule has 3 heterocycles. The van der Waals surface area contributed by atoms with Crippen molar-refractivity contribution >= 4 is 22.6 Å². The molecule has 1 saturated carbocycles. The molecule has 0 spiro atoms. The topological polar surface area (TPSA) is 68.4 Å². The Morgan fingerprint density at radius 3 is 2.70 bits per heavy atom. The molecule has 6 nitrogen and oxygen atoms in total. The van der Waals surface area contributed by atoms with Gasteiger partial charge in [0.05, 0.1) is 5.52 Å². The quantitative estimate of drug-likeness (QED) is 0.705. The van der Waals surface area contributed by atoms with E-state index in [4.69, 9.17) is 0 Å². The molecule has 142 valence electrons. The fraction of sp³-hybridized carbons (Fsp3) is 0.476. The molecule has 0 aliphatic heterocycles. The molecular formula is C21H26N4O2. The smallest absolute Gasteiger partial charge is 0.276 e. The third-order valence-corrected chi connectivity index (χ3v) is 5.50. The molecule has 1 aliphatic rings. The van der Waals surface area contributed by atoms with E-state index < -0.39 is 0 Å². The normalized spacial score (nSPS) is 15.9. The Morgan fingerprint density at radius 1 is 1.11 bits per heavy atom. The largest absolute Gasteiger partial charge is 0.353 e. The first-order valence-electron chi connectivity index (χ1n) is 9.98. The van der Waals surface area contributed by atoms with Crippen LogP contribution in [0.2, 0.25) is 0 Å². The van der Waals surface area contributed by atoms with Crippen molar-refractivity contribution in [2.75, 3.05) is 0 Å². The average Bonchev–Trinajstić information content (AvgIpc) is 3.04. The van der Waals surface area contributed by atoms with Crippen LogP contribution in [0, 0.1) is 0 Å². The highest BCUT2D eigenvalue weighted by atomic mass is 16.1. The first-order valence-corrected chi connectivity index (χ1v) is 9.98. The number of amides is 1. The third kappa shape index (κ3) is 3.75. The predicted molar refractivity (Wildman–Crippen MR) is 106 cm³/mol. The van der Waals surface area contributed by atoms with Crippen LogP contribution in [0.4, 0.5) is 0 Å². The Balaban J connectivity index is 1.46. The third-order valence-electron chi connectivity index (χ3n) is 5.50. The SMILES string of the molecule is O=C(CCCn1c(=O)c2cccn2c2cccnc21)NC1CCCCCC1. The van der Waals surface area contributed by atoms with Gasteiger partial charge in [-0.1, -0.05) is 25.7 Å². The van der Waals surface area contributed by atoms with E-state index in [1.165, 1.54) is 25.7 Å². The molecule has 0 saturated heterocycles. The second kappa shape index (κ2) is 7.94. The van der Waals surface area contributed by atoms with Gasteiger partial charge in [0.1, 0.15) is 5.52 Å². The summed E-state index contributed by atoms with van der Waals surface area (Å²) >= 11 is 0. The van der Waals surface area contributed by atoms with Crippen molar-refractivity contribution in [1.29, 1.82) is 0 Å². The van der Waals surface area contributed by atoms with Crippen LogP contribution in [0.5, 0.6) is 0 Å². The lowest BCUT2D eigenvalue weighted by molar-refractivity contribution is -0.122. The summed E-state index contributed by atoms with van der Waals surface area (Å²) in [5.41, 5.74) is 2.14. The molecule has 0 radical (unpaired) electrons. The summed E-state index contributed by atoms with van der Waals surface area (Å²) in [6.45, 7) is 0.492. The van der Waals surface area contributed by atoms with Gasteiger partial charge in [-0.25, -0.2) is 4.98 Å². The summed E-state index contributed by atoms with van der Waals surface area (Å²) < 4.78 is 3.57. The Morgan fingerprint density at radius 2 is 1.89 bits per heavy atom. The van der Waals surface area contributed by atoms with Crippen LogP contribution in [-0.2, 0) is 11.3 Å². The molecule has 3 aromatic heterocycles. The van der Waals surface area contributed by atoms with E-state index in [1.54, 1.807) is 10.8 Å². The minimum Gasteiger partial charge on any atom is -0.353 e. The Hall–Kier alpha value is -2.63. The number of nitrogens with one attached hydrogen (secondary N) is 1. The fourth-order valence-electron chi connectivity index (χ4n) is 4.11. The molecule has 27 heavy (non-hydrogen) atoms. The van der Waals surface area contributed by atoms with E-state index in [-0.39, 0.29) is 11.5 Å². The molecule has 1 N–H and O–H groups in total. The Bertz CT molecular complexity index is 996. The van der Waals surface area contributed by atoms with Gasteiger partial charge >= 0.3 is 0 Å². The van der Waals surface area contributed by atoms with Crippen LogP contribution < -0.4 is 10.9 Å². The summed E-state index contributed by atoms with van der Waals surface area (Å²) in [6, 6.07) is 7.85. The van der Waals surface area contributed by atoms with Crippen LogP contribution in [0.15, 0.2) is 41.5 Å². The molecule has 0 bridgehead atoms. The second-order valence-electron chi connectivity index (χ2n) is 7.43. The highest BCUT2D eigenvalue weighted by molar-refractivity contribution is 5.76. The maximum atomic E-state index is 12.8. The number of hydrogen-bond acceptors (Lipinski definition) is 3. The van der Waals surface area contributed by atoms with Crippen molar-refractivity contribution in [2.45, 2.75) is 64.0 Å². The number of fused-ring (bicyclic) bond motifs is 3. The van der Waals surface area contributed by atoms with Crippen molar-refractivity contribution in [3.05, 3.63) is 47.0 Å². The zero-order valence-electron chi connectivity index (χ0n) is 15.6. The Kier molecular flexibility index (Phi) is 5.23. The van der Waals surface area contributed by atoms with Crippen molar-refractivity contribution in [2.24, 2.45) is 0 Å². The maximum absolute atomic E-state index is 12.8. The molecule has 0 aromatic carbocycles. The standard InChI is InChI=1S/C21H26N4O2/c26-19(23-16-8-3-1-2-4-9-16)12-7-15-25-20-17(10-5-13-22-20)24-14-6-11-18(24)21(25)27/h5-6,10-11,13-14,16H,1-4,7-9,12,15H2,(H,23,26). The highest BCUT2D eigenvalue weighted by Crippen LogP contribution is 2.17. The highest BCUT2D eigenvalue weighted by Gasteiger charge is 2.15. The van der Waals surface area contributed by atoms with Crippen LogP contribution in [0.3, 0.4) is 0 Å². The molecule has 6 heteroatoms. The van der Waals surface area contributed by atoms with Gasteiger partial charge in [0.15, 0.2) is 5.65 Å². The first kappa shape index (κ1) is 17.8. The minimum absolute atomic E-state index is 0.0598. The monoisotopic (exact) mass is 366 g/mol. The van der Waals surface area contributed by atoms with E-state index >= 15 is 0 Å². The van der Waals surface area contributed by atoms with Crippen molar-refractivity contribution < 1.29 is 4.79 Å². The molecule has 1 fully saturated rings. The lowest BCUT2D eigenvalue weighted by atomic mass is 10.1. The number of carbonyl (C=O) groups excluding carboxylic acids is 1. The number of hydrogen-bond donors (Lipinski definition) is 1. The first-order chi connectivity index (χ1) is 13.2. The number of carbonyl (C=O) groups is 1. The summed E-state index contributed by atoms with van der Waals surface area (Å²) in [4.78, 5) is 29.6. The number of rotatable bonds is 5. The van der Waals surface area contributed by atoms with Crippen molar-refractivity contribution in [3.8, 4) is 0 Å². The van der Waals surface area contributed by atoms with E-state index in [0.29, 0.717) is 36.6 Å². The van der Waals surface area contributed by atoms with Gasteiger partial charge in [-0.05, 0) is 43.5 Å². The molecule has 3 aromatic rings. The van der Waals surface area contributed by atoms with E-state index in [0.717, 1.165) is 18.4 Å². The van der Waals surface area contributed by atoms with E-state index in [2.05, 4.69) is 10.3 Å². The van der Waals surface area contributed by atoms with Gasteiger partial charge in [0.25, 0.3) is 5.56 Å². The van der Waals surface area contributed by atoms with Gasteiger partial charge in [0.2, 0.25) is 5.91 Å². The van der Waals surface area contributed by atoms with Crippen LogP contribution in [0.25, 0.3) is 16.7 Å². The molecule has 0 unspecified atom stereocenters. The van der Waals surface area contributed by atoms with Gasteiger partial charge < -0.3 is 9.72 Å². The number of pyridine rings is 1. The maximum Gasteiger partial charge on any atom is 0.276 e. The van der Waals surface area contributed by atoms with Crippen molar-refractivity contribution in [3.63, 3.8) is 0 Å². The van der Waals surface area contributed by atoms with Crippen LogP contribution in [-0.4, -0.2) is 25.9 Å². The van der Waals surface area contributed by atoms with Crippen LogP contribution in [0.1, 0.15) is 51.4 Å². The predicted octanol–water partition coefficient (Wildman–Crippen LogP) is 3.27.